The minimum Gasteiger partial charge on any atom is -0.335 e. The molecular weight excluding hydrogens is 186 g/mol. The van der Waals surface area contributed by atoms with E-state index in [1.165, 1.54) is 58.7 Å². The van der Waals surface area contributed by atoms with Crippen LogP contribution in [0.5, 0.6) is 0 Å². The summed E-state index contributed by atoms with van der Waals surface area (Å²) in [4.78, 5) is 5.47. The Morgan fingerprint density at radius 1 is 0.933 bits per heavy atom. The maximum Gasteiger partial charge on any atom is 0.127 e. The number of nitrogens with one attached hydrogen (secondary N) is 3. The van der Waals surface area contributed by atoms with Gasteiger partial charge in [0.05, 0.1) is 32.7 Å². The average molecular weight is 214 g/mol. The highest BCUT2D eigenvalue weighted by Crippen LogP contribution is 1.95. The van der Waals surface area contributed by atoms with Crippen molar-refractivity contribution in [1.29, 1.82) is 0 Å². The lowest BCUT2D eigenvalue weighted by molar-refractivity contribution is -1.02. The Morgan fingerprint density at radius 2 is 1.53 bits per heavy atom. The molecular formula is C12H28N3+3. The minimum absolute atomic E-state index is 0.994. The summed E-state index contributed by atoms with van der Waals surface area (Å²) in [6.07, 6.45) is 2.94. The summed E-state index contributed by atoms with van der Waals surface area (Å²) in [6, 6.07) is 0.994. The molecule has 0 aliphatic carbocycles. The predicted octanol–water partition coefficient (Wildman–Crippen LogP) is -3.53. The van der Waals surface area contributed by atoms with Gasteiger partial charge in [-0.1, -0.05) is 0 Å². The zero-order valence-electron chi connectivity index (χ0n) is 10.4. The van der Waals surface area contributed by atoms with E-state index in [4.69, 9.17) is 0 Å². The van der Waals surface area contributed by atoms with Crippen LogP contribution in [0.1, 0.15) is 19.8 Å². The summed E-state index contributed by atoms with van der Waals surface area (Å²) in [5.41, 5.74) is 0. The summed E-state index contributed by atoms with van der Waals surface area (Å²) < 4.78 is 0. The van der Waals surface area contributed by atoms with Gasteiger partial charge in [-0.25, -0.2) is 0 Å². The van der Waals surface area contributed by atoms with E-state index in [0.717, 1.165) is 6.04 Å². The molecule has 0 spiro atoms. The third-order valence-electron chi connectivity index (χ3n) is 4.52. The Bertz CT molecular complexity index is 179. The van der Waals surface area contributed by atoms with E-state index in [9.17, 15) is 0 Å². The highest BCUT2D eigenvalue weighted by atomic mass is 15.3. The second-order valence-corrected chi connectivity index (χ2v) is 5.49. The number of hydrogen-bond donors (Lipinski definition) is 3. The first kappa shape index (κ1) is 11.4. The van der Waals surface area contributed by atoms with Crippen molar-refractivity contribution in [3.8, 4) is 0 Å². The molecule has 2 saturated heterocycles. The molecule has 2 aliphatic rings. The topological polar surface area (TPSA) is 13.3 Å². The van der Waals surface area contributed by atoms with Crippen molar-refractivity contribution < 1.29 is 14.7 Å². The first-order valence-electron chi connectivity index (χ1n) is 6.79. The van der Waals surface area contributed by atoms with Gasteiger partial charge in [-0.3, -0.25) is 0 Å². The summed E-state index contributed by atoms with van der Waals surface area (Å²) in [5.74, 6) is 0. The number of likely N-dealkylation sites (N-methyl/N-ethyl adjacent to an activating group) is 1. The molecule has 2 rings (SSSR count). The predicted molar refractivity (Wildman–Crippen MR) is 61.6 cm³/mol. The molecule has 0 bridgehead atoms. The van der Waals surface area contributed by atoms with Crippen molar-refractivity contribution in [2.75, 3.05) is 52.9 Å². The third kappa shape index (κ3) is 2.92. The Hall–Kier alpha value is -0.120. The average Bonchev–Trinajstić information content (AvgIpc) is 2.30. The molecule has 0 amide bonds. The largest absolute Gasteiger partial charge is 0.335 e. The van der Waals surface area contributed by atoms with Crippen LogP contribution in [-0.4, -0.2) is 58.9 Å². The van der Waals surface area contributed by atoms with Gasteiger partial charge in [-0.05, 0) is 6.92 Å². The lowest BCUT2D eigenvalue weighted by Gasteiger charge is -2.36. The highest BCUT2D eigenvalue weighted by Gasteiger charge is 2.32. The standard InChI is InChI=1S/C12H25N3/c1-3-14-6-4-12(5-7-14)15-10-8-13(2)9-11-15/h12H,3-11H2,1-2H3/p+3. The quantitative estimate of drug-likeness (QED) is 0.422. The molecule has 3 nitrogen and oxygen atoms in total. The van der Waals surface area contributed by atoms with Gasteiger partial charge < -0.3 is 14.7 Å². The Kier molecular flexibility index (Phi) is 4.00. The molecule has 0 unspecified atom stereocenters. The van der Waals surface area contributed by atoms with Crippen LogP contribution in [0.3, 0.4) is 0 Å². The van der Waals surface area contributed by atoms with Gasteiger partial charge in [0.25, 0.3) is 0 Å². The van der Waals surface area contributed by atoms with Crippen molar-refractivity contribution in [3.05, 3.63) is 0 Å². The molecule has 2 heterocycles. The van der Waals surface area contributed by atoms with Gasteiger partial charge in [0.1, 0.15) is 26.2 Å². The van der Waals surface area contributed by atoms with Gasteiger partial charge in [0, 0.05) is 12.8 Å². The zero-order valence-corrected chi connectivity index (χ0v) is 10.4. The molecule has 3 N–H and O–H groups in total. The molecule has 2 aliphatic heterocycles. The third-order valence-corrected chi connectivity index (χ3v) is 4.52. The summed E-state index contributed by atoms with van der Waals surface area (Å²) in [5, 5.41) is 0. The van der Waals surface area contributed by atoms with Crippen LogP contribution in [0.25, 0.3) is 0 Å². The molecule has 2 fully saturated rings. The van der Waals surface area contributed by atoms with E-state index in [1.54, 1.807) is 4.90 Å². The molecule has 88 valence electrons. The monoisotopic (exact) mass is 214 g/mol. The zero-order chi connectivity index (χ0) is 10.7. The number of rotatable bonds is 2. The van der Waals surface area contributed by atoms with E-state index in [-0.39, 0.29) is 0 Å². The first-order chi connectivity index (χ1) is 7.29. The van der Waals surface area contributed by atoms with Crippen LogP contribution >= 0.6 is 0 Å². The van der Waals surface area contributed by atoms with Crippen molar-refractivity contribution >= 4 is 0 Å². The fourth-order valence-electron chi connectivity index (χ4n) is 3.19. The normalized spacial score (nSPS) is 42.8. The number of likely N-dealkylation sites (tertiary alicyclic amines) is 1. The molecule has 0 aromatic carbocycles. The summed E-state index contributed by atoms with van der Waals surface area (Å²) >= 11 is 0. The molecule has 3 heteroatoms. The van der Waals surface area contributed by atoms with Crippen molar-refractivity contribution in [3.63, 3.8) is 0 Å². The van der Waals surface area contributed by atoms with Gasteiger partial charge in [0.2, 0.25) is 0 Å². The molecule has 0 saturated carbocycles. The van der Waals surface area contributed by atoms with Crippen molar-refractivity contribution in [1.82, 2.24) is 0 Å². The highest BCUT2D eigenvalue weighted by molar-refractivity contribution is 4.60. The Balaban J connectivity index is 1.75. The summed E-state index contributed by atoms with van der Waals surface area (Å²) in [6.45, 7) is 12.1. The van der Waals surface area contributed by atoms with E-state index in [0.29, 0.717) is 0 Å². The van der Waals surface area contributed by atoms with E-state index in [1.807, 2.05) is 9.80 Å². The van der Waals surface area contributed by atoms with Crippen molar-refractivity contribution in [2.45, 2.75) is 25.8 Å². The second-order valence-electron chi connectivity index (χ2n) is 5.49. The fraction of sp³-hybridized carbons (Fsp3) is 1.00. The summed E-state index contributed by atoms with van der Waals surface area (Å²) in [7, 11) is 2.33. The van der Waals surface area contributed by atoms with Gasteiger partial charge in [-0.15, -0.1) is 0 Å². The Morgan fingerprint density at radius 3 is 2.07 bits per heavy atom. The molecule has 15 heavy (non-hydrogen) atoms. The number of quaternary nitrogens is 3. The van der Waals surface area contributed by atoms with Crippen LogP contribution in [0.2, 0.25) is 0 Å². The number of piperazine rings is 1. The second kappa shape index (κ2) is 5.28. The SMILES string of the molecule is CC[NH+]1CCC([NH+]2CC[NH+](C)CC2)CC1. The fourth-order valence-corrected chi connectivity index (χ4v) is 3.19. The van der Waals surface area contributed by atoms with Gasteiger partial charge in [0.15, 0.2) is 0 Å². The van der Waals surface area contributed by atoms with Crippen LogP contribution in [-0.2, 0) is 0 Å². The molecule has 0 aromatic rings. The van der Waals surface area contributed by atoms with Gasteiger partial charge in [-0.2, -0.15) is 0 Å². The number of hydrogen-bond acceptors (Lipinski definition) is 0. The smallest absolute Gasteiger partial charge is 0.127 e. The minimum atomic E-state index is 0.994. The van der Waals surface area contributed by atoms with Crippen LogP contribution < -0.4 is 14.7 Å². The van der Waals surface area contributed by atoms with Crippen LogP contribution in [0.15, 0.2) is 0 Å². The lowest BCUT2D eigenvalue weighted by atomic mass is 10.0. The Labute approximate surface area is 94.0 Å². The van der Waals surface area contributed by atoms with E-state index in [2.05, 4.69) is 14.0 Å². The van der Waals surface area contributed by atoms with Crippen LogP contribution in [0.4, 0.5) is 0 Å². The molecule has 0 radical (unpaired) electrons. The molecule has 0 atom stereocenters. The number of piperidine rings is 1. The lowest BCUT2D eigenvalue weighted by Crippen LogP contribution is -3.29. The maximum atomic E-state index is 2.33. The van der Waals surface area contributed by atoms with E-state index >= 15 is 0 Å². The van der Waals surface area contributed by atoms with Gasteiger partial charge >= 0.3 is 0 Å². The van der Waals surface area contributed by atoms with Crippen LogP contribution in [0, 0.1) is 0 Å². The maximum absolute atomic E-state index is 2.33. The molecule has 0 aromatic heterocycles. The van der Waals surface area contributed by atoms with Crippen molar-refractivity contribution in [2.24, 2.45) is 0 Å². The van der Waals surface area contributed by atoms with E-state index < -0.39 is 0 Å². The first-order valence-corrected chi connectivity index (χ1v) is 6.79.